The van der Waals surface area contributed by atoms with Crippen LogP contribution in [-0.2, 0) is 21.4 Å². The maximum atomic E-state index is 12.6. The van der Waals surface area contributed by atoms with E-state index in [1.54, 1.807) is 0 Å². The van der Waals surface area contributed by atoms with E-state index in [2.05, 4.69) is 23.9 Å². The summed E-state index contributed by atoms with van der Waals surface area (Å²) in [5.74, 6) is 0.506. The van der Waals surface area contributed by atoms with Crippen LogP contribution in [0, 0.1) is 0 Å². The maximum Gasteiger partial charge on any atom is 0.240 e. The number of amides is 1. The number of ether oxygens (including phenoxy) is 1. The lowest BCUT2D eigenvalue weighted by atomic mass is 10.0. The molecule has 2 aromatic carbocycles. The molecule has 0 aromatic heterocycles. The van der Waals surface area contributed by atoms with Gasteiger partial charge in [-0.15, -0.1) is 0 Å². The van der Waals surface area contributed by atoms with Gasteiger partial charge in [0.05, 0.1) is 17.7 Å². The molecular formula is C19H24N2O4S. The summed E-state index contributed by atoms with van der Waals surface area (Å²) in [6, 6.07) is 12.1. The Bertz CT molecular complexity index is 875. The van der Waals surface area contributed by atoms with Crippen molar-refractivity contribution < 1.29 is 17.9 Å². The minimum atomic E-state index is -3.73. The number of benzene rings is 2. The number of rotatable bonds is 7. The summed E-state index contributed by atoms with van der Waals surface area (Å²) in [6.45, 7) is 5.74. The average Bonchev–Trinajstić information content (AvgIpc) is 2.60. The number of hydrogen-bond donors (Lipinski definition) is 2. The van der Waals surface area contributed by atoms with Crippen LogP contribution in [-0.4, -0.2) is 21.4 Å². The van der Waals surface area contributed by atoms with Crippen molar-refractivity contribution in [2.45, 2.75) is 38.1 Å². The molecule has 0 saturated carbocycles. The molecule has 0 unspecified atom stereocenters. The van der Waals surface area contributed by atoms with E-state index < -0.39 is 10.0 Å². The third kappa shape index (κ3) is 5.06. The van der Waals surface area contributed by atoms with Gasteiger partial charge < -0.3 is 10.1 Å². The fourth-order valence-corrected chi connectivity index (χ4v) is 3.47. The highest BCUT2D eigenvalue weighted by Gasteiger charge is 2.17. The van der Waals surface area contributed by atoms with Gasteiger partial charge in [0, 0.05) is 13.5 Å². The van der Waals surface area contributed by atoms with Crippen LogP contribution in [0.15, 0.2) is 47.4 Å². The van der Waals surface area contributed by atoms with Crippen molar-refractivity contribution in [3.05, 3.63) is 53.6 Å². The lowest BCUT2D eigenvalue weighted by Crippen LogP contribution is -2.23. The summed E-state index contributed by atoms with van der Waals surface area (Å²) >= 11 is 0. The van der Waals surface area contributed by atoms with Gasteiger partial charge in [0.1, 0.15) is 5.75 Å². The molecular weight excluding hydrogens is 352 g/mol. The van der Waals surface area contributed by atoms with E-state index in [1.807, 2.05) is 24.3 Å². The van der Waals surface area contributed by atoms with Crippen molar-refractivity contribution in [3.63, 3.8) is 0 Å². The smallest absolute Gasteiger partial charge is 0.240 e. The molecule has 0 fully saturated rings. The topological polar surface area (TPSA) is 84.5 Å². The van der Waals surface area contributed by atoms with Crippen molar-refractivity contribution in [1.82, 2.24) is 4.72 Å². The van der Waals surface area contributed by atoms with Crippen molar-refractivity contribution in [3.8, 4) is 5.75 Å². The van der Waals surface area contributed by atoms with Gasteiger partial charge in [0.2, 0.25) is 15.9 Å². The second-order valence-corrected chi connectivity index (χ2v) is 8.03. The van der Waals surface area contributed by atoms with E-state index in [0.29, 0.717) is 17.4 Å². The first-order chi connectivity index (χ1) is 12.2. The van der Waals surface area contributed by atoms with Crippen LogP contribution < -0.4 is 14.8 Å². The van der Waals surface area contributed by atoms with E-state index in [4.69, 9.17) is 4.74 Å². The molecule has 2 N–H and O–H groups in total. The van der Waals surface area contributed by atoms with Crippen LogP contribution in [0.3, 0.4) is 0 Å². The second-order valence-electron chi connectivity index (χ2n) is 6.26. The Kier molecular flexibility index (Phi) is 6.39. The Morgan fingerprint density at radius 1 is 1.12 bits per heavy atom. The molecule has 2 aromatic rings. The Morgan fingerprint density at radius 2 is 1.77 bits per heavy atom. The summed E-state index contributed by atoms with van der Waals surface area (Å²) < 4.78 is 32.8. The van der Waals surface area contributed by atoms with Crippen molar-refractivity contribution >= 4 is 21.6 Å². The summed E-state index contributed by atoms with van der Waals surface area (Å²) in [5.41, 5.74) is 2.38. The number of anilines is 1. The summed E-state index contributed by atoms with van der Waals surface area (Å²) in [6.07, 6.45) is 0. The third-order valence-corrected chi connectivity index (χ3v) is 5.30. The molecule has 0 atom stereocenters. The highest BCUT2D eigenvalue weighted by molar-refractivity contribution is 7.89. The summed E-state index contributed by atoms with van der Waals surface area (Å²) in [5, 5.41) is 2.57. The molecule has 2 rings (SSSR count). The van der Waals surface area contributed by atoms with Crippen molar-refractivity contribution in [2.24, 2.45) is 0 Å². The maximum absolute atomic E-state index is 12.6. The number of hydrogen-bond acceptors (Lipinski definition) is 4. The van der Waals surface area contributed by atoms with Gasteiger partial charge in [0.15, 0.2) is 0 Å². The third-order valence-electron chi connectivity index (χ3n) is 3.90. The number of sulfonamides is 1. The normalized spacial score (nSPS) is 11.4. The minimum absolute atomic E-state index is 0.0563. The molecule has 0 bridgehead atoms. The molecule has 0 heterocycles. The van der Waals surface area contributed by atoms with Crippen molar-refractivity contribution in [1.29, 1.82) is 0 Å². The van der Waals surface area contributed by atoms with Gasteiger partial charge in [-0.25, -0.2) is 13.1 Å². The SMILES string of the molecule is COc1ccc(S(=O)(=O)NCc2ccc(C(C)C)cc2)cc1NC(C)=O. The quantitative estimate of drug-likeness (QED) is 0.777. The molecule has 0 radical (unpaired) electrons. The van der Waals surface area contributed by atoms with Gasteiger partial charge in [-0.3, -0.25) is 4.79 Å². The van der Waals surface area contributed by atoms with Gasteiger partial charge in [0.25, 0.3) is 0 Å². The van der Waals surface area contributed by atoms with Crippen LogP contribution in [0.25, 0.3) is 0 Å². The average molecular weight is 376 g/mol. The molecule has 7 heteroatoms. The Hall–Kier alpha value is -2.38. The fourth-order valence-electron chi connectivity index (χ4n) is 2.42. The summed E-state index contributed by atoms with van der Waals surface area (Å²) in [7, 11) is -2.27. The lowest BCUT2D eigenvalue weighted by molar-refractivity contribution is -0.114. The van der Waals surface area contributed by atoms with Crippen LogP contribution in [0.4, 0.5) is 5.69 Å². The van der Waals surface area contributed by atoms with Gasteiger partial charge in [-0.05, 0) is 35.2 Å². The van der Waals surface area contributed by atoms with Crippen LogP contribution in [0.1, 0.15) is 37.8 Å². The number of methoxy groups -OCH3 is 1. The Morgan fingerprint density at radius 3 is 2.31 bits per heavy atom. The van der Waals surface area contributed by atoms with E-state index in [0.717, 1.165) is 5.56 Å². The first-order valence-corrected chi connectivity index (χ1v) is 9.75. The predicted octanol–water partition coefficient (Wildman–Crippen LogP) is 3.26. The number of nitrogens with one attached hydrogen (secondary N) is 2. The molecule has 26 heavy (non-hydrogen) atoms. The zero-order valence-corrected chi connectivity index (χ0v) is 16.2. The largest absolute Gasteiger partial charge is 0.495 e. The van der Waals surface area contributed by atoms with Crippen LogP contribution in [0.5, 0.6) is 5.75 Å². The molecule has 0 aliphatic rings. The highest BCUT2D eigenvalue weighted by atomic mass is 32.2. The van der Waals surface area contributed by atoms with Crippen molar-refractivity contribution in [2.75, 3.05) is 12.4 Å². The number of carbonyl (C=O) groups is 1. The molecule has 0 aliphatic heterocycles. The first kappa shape index (κ1) is 19.9. The zero-order chi connectivity index (χ0) is 19.3. The monoisotopic (exact) mass is 376 g/mol. The highest BCUT2D eigenvalue weighted by Crippen LogP contribution is 2.27. The van der Waals surface area contributed by atoms with Gasteiger partial charge in [-0.1, -0.05) is 38.1 Å². The molecule has 140 valence electrons. The van der Waals surface area contributed by atoms with E-state index >= 15 is 0 Å². The second kappa shape index (κ2) is 8.33. The van der Waals surface area contributed by atoms with Gasteiger partial charge in [-0.2, -0.15) is 0 Å². The van der Waals surface area contributed by atoms with E-state index in [1.165, 1.54) is 37.8 Å². The van der Waals surface area contributed by atoms with E-state index in [-0.39, 0.29) is 17.3 Å². The molecule has 0 spiro atoms. The molecule has 0 aliphatic carbocycles. The first-order valence-electron chi connectivity index (χ1n) is 8.27. The zero-order valence-electron chi connectivity index (χ0n) is 15.4. The predicted molar refractivity (Wildman–Crippen MR) is 102 cm³/mol. The van der Waals surface area contributed by atoms with Gasteiger partial charge >= 0.3 is 0 Å². The van der Waals surface area contributed by atoms with E-state index in [9.17, 15) is 13.2 Å². The standard InChI is InChI=1S/C19H24N2O4S/c1-13(2)16-7-5-15(6-8-16)12-20-26(23,24)17-9-10-19(25-4)18(11-17)21-14(3)22/h5-11,13,20H,12H2,1-4H3,(H,21,22). The molecule has 1 amide bonds. The Balaban J connectivity index is 2.17. The number of carbonyl (C=O) groups excluding carboxylic acids is 1. The molecule has 6 nitrogen and oxygen atoms in total. The molecule has 0 saturated heterocycles. The van der Waals surface area contributed by atoms with Crippen LogP contribution in [0.2, 0.25) is 0 Å². The lowest BCUT2D eigenvalue weighted by Gasteiger charge is -2.12. The Labute approximate surface area is 154 Å². The summed E-state index contributed by atoms with van der Waals surface area (Å²) in [4.78, 5) is 11.4. The minimum Gasteiger partial charge on any atom is -0.495 e. The van der Waals surface area contributed by atoms with Crippen LogP contribution >= 0.6 is 0 Å². The fraction of sp³-hybridized carbons (Fsp3) is 0.316.